The molecule has 1 amide bonds. The van der Waals surface area contributed by atoms with Gasteiger partial charge in [0.05, 0.1) is 11.6 Å². The average molecular weight is 429 g/mol. The first-order chi connectivity index (χ1) is 14.7. The number of ether oxygens (including phenoxy) is 1. The van der Waals surface area contributed by atoms with Crippen LogP contribution >= 0.6 is 0 Å². The van der Waals surface area contributed by atoms with Crippen LogP contribution in [0.3, 0.4) is 0 Å². The van der Waals surface area contributed by atoms with E-state index in [0.717, 1.165) is 12.1 Å². The number of hydrogen-bond acceptors (Lipinski definition) is 4. The largest absolute Gasteiger partial charge is 0.457 e. The van der Waals surface area contributed by atoms with Gasteiger partial charge in [0.15, 0.2) is 0 Å². The molecule has 0 heterocycles. The highest BCUT2D eigenvalue weighted by molar-refractivity contribution is 6.02. The topological polar surface area (TPSA) is 113 Å². The van der Waals surface area contributed by atoms with Crippen LogP contribution in [0.5, 0.6) is 11.5 Å². The number of nitrogens with two attached hydrogens (primary N) is 1. The van der Waals surface area contributed by atoms with Crippen LogP contribution in [0.2, 0.25) is 0 Å². The Balaban J connectivity index is 1.82. The van der Waals surface area contributed by atoms with Gasteiger partial charge in [0.25, 0.3) is 5.91 Å². The zero-order valence-corrected chi connectivity index (χ0v) is 16.3. The molecule has 1 atom stereocenters. The normalized spacial score (nSPS) is 13.0. The van der Waals surface area contributed by atoms with E-state index in [2.05, 4.69) is 15.6 Å². The van der Waals surface area contributed by atoms with Crippen LogP contribution in [0.15, 0.2) is 71.0 Å². The van der Waals surface area contributed by atoms with Crippen LogP contribution < -0.4 is 15.8 Å². The van der Waals surface area contributed by atoms with Crippen LogP contribution in [0.1, 0.15) is 22.8 Å². The number of rotatable bonds is 6. The molecule has 0 aliphatic heterocycles. The fourth-order valence-electron chi connectivity index (χ4n) is 2.82. The summed E-state index contributed by atoms with van der Waals surface area (Å²) in [4.78, 5) is 12.5. The van der Waals surface area contributed by atoms with Gasteiger partial charge in [-0.05, 0) is 60.8 Å². The second-order valence-electron chi connectivity index (χ2n) is 6.64. The lowest BCUT2D eigenvalue weighted by atomic mass is 10.1. The molecule has 4 N–H and O–H groups in total. The molecular weight excluding hydrogens is 411 g/mol. The number of halogens is 3. The van der Waals surface area contributed by atoms with Crippen molar-refractivity contribution in [2.75, 3.05) is 0 Å². The molecule has 0 saturated heterocycles. The van der Waals surface area contributed by atoms with Crippen molar-refractivity contribution < 1.29 is 22.7 Å². The first-order valence-corrected chi connectivity index (χ1v) is 9.07. The number of benzene rings is 3. The van der Waals surface area contributed by atoms with Gasteiger partial charge in [-0.25, -0.2) is 0 Å². The standard InChI is InChI=1S/C21H18F3N5O2/c1-12(19(25)28-29-26)27-20(30)14-5-10-17-13(11-14)3-2-4-18(17)31-16-8-6-15(7-9-16)21(22,23)24/h2-12H,1H3,(H,27,30)(H3,25,26,28). The van der Waals surface area contributed by atoms with E-state index >= 15 is 0 Å². The Kier molecular flexibility index (Phi) is 6.19. The first kappa shape index (κ1) is 21.8. The molecule has 0 aromatic heterocycles. The number of nitrogens with one attached hydrogen (secondary N) is 2. The molecule has 0 radical (unpaired) electrons. The molecule has 10 heteroatoms. The predicted molar refractivity (Wildman–Crippen MR) is 109 cm³/mol. The van der Waals surface area contributed by atoms with E-state index in [0.29, 0.717) is 22.1 Å². The van der Waals surface area contributed by atoms with Gasteiger partial charge in [0.2, 0.25) is 0 Å². The fourth-order valence-corrected chi connectivity index (χ4v) is 2.82. The zero-order valence-electron chi connectivity index (χ0n) is 16.3. The van der Waals surface area contributed by atoms with Gasteiger partial charge in [0, 0.05) is 10.9 Å². The van der Waals surface area contributed by atoms with E-state index in [1.165, 1.54) is 12.1 Å². The summed E-state index contributed by atoms with van der Waals surface area (Å²) in [6, 6.07) is 13.9. The van der Waals surface area contributed by atoms with Gasteiger partial charge in [-0.2, -0.15) is 18.7 Å². The highest BCUT2D eigenvalue weighted by atomic mass is 19.4. The van der Waals surface area contributed by atoms with E-state index in [1.807, 2.05) is 0 Å². The molecule has 3 rings (SSSR count). The summed E-state index contributed by atoms with van der Waals surface area (Å²) < 4.78 is 43.9. The Morgan fingerprint density at radius 1 is 1.13 bits per heavy atom. The van der Waals surface area contributed by atoms with Crippen molar-refractivity contribution in [3.63, 3.8) is 0 Å². The minimum absolute atomic E-state index is 0.00336. The van der Waals surface area contributed by atoms with E-state index in [-0.39, 0.29) is 11.6 Å². The van der Waals surface area contributed by atoms with Crippen molar-refractivity contribution in [2.24, 2.45) is 16.1 Å². The van der Waals surface area contributed by atoms with Crippen molar-refractivity contribution in [2.45, 2.75) is 19.1 Å². The lowest BCUT2D eigenvalue weighted by Crippen LogP contribution is -2.42. The number of fused-ring (bicyclic) bond motifs is 1. The molecule has 3 aromatic rings. The molecule has 3 aromatic carbocycles. The van der Waals surface area contributed by atoms with Crippen molar-refractivity contribution >= 4 is 22.5 Å². The molecule has 160 valence electrons. The second-order valence-corrected chi connectivity index (χ2v) is 6.64. The lowest BCUT2D eigenvalue weighted by Gasteiger charge is -2.14. The van der Waals surface area contributed by atoms with E-state index in [1.54, 1.807) is 43.3 Å². The number of amides is 1. The monoisotopic (exact) mass is 429 g/mol. The Bertz CT molecular complexity index is 1140. The van der Waals surface area contributed by atoms with Gasteiger partial charge < -0.3 is 15.8 Å². The SMILES string of the molecule is CC(NC(=O)c1ccc2c(Oc3ccc(C(F)(F)F)cc3)cccc2c1)/C(N)=N/N=N. The van der Waals surface area contributed by atoms with Crippen molar-refractivity contribution in [1.29, 1.82) is 5.53 Å². The maximum absolute atomic E-state index is 12.7. The quantitative estimate of drug-likeness (QED) is 0.220. The van der Waals surface area contributed by atoms with E-state index in [4.69, 9.17) is 16.0 Å². The molecule has 0 fully saturated rings. The summed E-state index contributed by atoms with van der Waals surface area (Å²) >= 11 is 0. The Hall–Kier alpha value is -3.95. The van der Waals surface area contributed by atoms with Crippen LogP contribution in [-0.2, 0) is 6.18 Å². The maximum Gasteiger partial charge on any atom is 0.416 e. The molecule has 7 nitrogen and oxygen atoms in total. The minimum Gasteiger partial charge on any atom is -0.457 e. The summed E-state index contributed by atoms with van der Waals surface area (Å²) in [6.07, 6.45) is -4.42. The second kappa shape index (κ2) is 8.82. The number of carbonyl (C=O) groups excluding carboxylic acids is 1. The summed E-state index contributed by atoms with van der Waals surface area (Å²) in [5.74, 6) is 0.291. The molecule has 1 unspecified atom stereocenters. The number of nitrogens with zero attached hydrogens (tertiary/aromatic N) is 2. The average Bonchev–Trinajstić information content (AvgIpc) is 2.73. The molecule has 0 saturated carbocycles. The van der Waals surface area contributed by atoms with Gasteiger partial charge in [-0.1, -0.05) is 17.4 Å². The first-order valence-electron chi connectivity index (χ1n) is 9.07. The number of carbonyl (C=O) groups is 1. The Morgan fingerprint density at radius 2 is 1.84 bits per heavy atom. The maximum atomic E-state index is 12.7. The highest BCUT2D eigenvalue weighted by Crippen LogP contribution is 2.33. The summed E-state index contributed by atoms with van der Waals surface area (Å²) in [7, 11) is 0. The van der Waals surface area contributed by atoms with E-state index < -0.39 is 23.7 Å². The van der Waals surface area contributed by atoms with Crippen LogP contribution in [0.4, 0.5) is 13.2 Å². The molecule has 0 aliphatic carbocycles. The third-order valence-electron chi connectivity index (χ3n) is 4.47. The lowest BCUT2D eigenvalue weighted by molar-refractivity contribution is -0.137. The third kappa shape index (κ3) is 5.16. The smallest absolute Gasteiger partial charge is 0.416 e. The molecule has 0 spiro atoms. The minimum atomic E-state index is -4.42. The number of hydrogen-bond donors (Lipinski definition) is 3. The van der Waals surface area contributed by atoms with Crippen LogP contribution in [0.25, 0.3) is 10.8 Å². The molecule has 31 heavy (non-hydrogen) atoms. The zero-order chi connectivity index (χ0) is 22.6. The van der Waals surface area contributed by atoms with Crippen molar-refractivity contribution in [3.05, 3.63) is 71.8 Å². The predicted octanol–water partition coefficient (Wildman–Crippen LogP) is 5.07. The van der Waals surface area contributed by atoms with Gasteiger partial charge in [0.1, 0.15) is 17.3 Å². The van der Waals surface area contributed by atoms with Gasteiger partial charge in [-0.3, -0.25) is 4.79 Å². The Labute approximate surface area is 175 Å². The van der Waals surface area contributed by atoms with E-state index in [9.17, 15) is 18.0 Å². The summed E-state index contributed by atoms with van der Waals surface area (Å²) in [5, 5.41) is 10.3. The van der Waals surface area contributed by atoms with Crippen LogP contribution in [0, 0.1) is 5.53 Å². The van der Waals surface area contributed by atoms with Crippen molar-refractivity contribution in [3.8, 4) is 11.5 Å². The summed E-state index contributed by atoms with van der Waals surface area (Å²) in [6.45, 7) is 1.61. The Morgan fingerprint density at radius 3 is 2.48 bits per heavy atom. The fraction of sp³-hybridized carbons (Fsp3) is 0.143. The molecule has 0 bridgehead atoms. The van der Waals surface area contributed by atoms with Crippen molar-refractivity contribution in [1.82, 2.24) is 5.32 Å². The molecule has 0 aliphatic rings. The molecular formula is C21H18F3N5O2. The van der Waals surface area contributed by atoms with Gasteiger partial charge >= 0.3 is 6.18 Å². The van der Waals surface area contributed by atoms with Crippen LogP contribution in [-0.4, -0.2) is 17.8 Å². The highest BCUT2D eigenvalue weighted by Gasteiger charge is 2.30. The third-order valence-corrected chi connectivity index (χ3v) is 4.47. The number of alkyl halides is 3. The van der Waals surface area contributed by atoms with Gasteiger partial charge in [-0.15, -0.1) is 5.10 Å². The summed E-state index contributed by atoms with van der Waals surface area (Å²) in [5.41, 5.74) is 11.9. The number of amidine groups is 1.